The second kappa shape index (κ2) is 7.27. The number of benzene rings is 2. The first-order chi connectivity index (χ1) is 11.7. The summed E-state index contributed by atoms with van der Waals surface area (Å²) in [6.45, 7) is 2.46. The van der Waals surface area contributed by atoms with Gasteiger partial charge in [0.1, 0.15) is 0 Å². The van der Waals surface area contributed by atoms with Gasteiger partial charge in [-0.15, -0.1) is 5.10 Å². The molecule has 0 amide bonds. The molecule has 0 unspecified atom stereocenters. The number of aromatic nitrogens is 3. The molecule has 5 nitrogen and oxygen atoms in total. The first-order valence-electron chi connectivity index (χ1n) is 7.65. The van der Waals surface area contributed by atoms with Gasteiger partial charge in [0.15, 0.2) is 5.82 Å². The van der Waals surface area contributed by atoms with Crippen LogP contribution in [-0.2, 0) is 0 Å². The van der Waals surface area contributed by atoms with Crippen molar-refractivity contribution in [3.05, 3.63) is 65.2 Å². The predicted molar refractivity (Wildman–Crippen MR) is 92.4 cm³/mol. The third kappa shape index (κ3) is 3.31. The maximum Gasteiger partial charge on any atom is 0.336 e. The van der Waals surface area contributed by atoms with Crippen molar-refractivity contribution in [2.24, 2.45) is 0 Å². The van der Waals surface area contributed by atoms with Gasteiger partial charge >= 0.3 is 6.01 Å². The molecular formula is C18H16ClN3O2. The van der Waals surface area contributed by atoms with Crippen LogP contribution < -0.4 is 4.74 Å². The van der Waals surface area contributed by atoms with Gasteiger partial charge in [0.2, 0.25) is 0 Å². The predicted octanol–water partition coefficient (Wildman–Crippen LogP) is 4.08. The summed E-state index contributed by atoms with van der Waals surface area (Å²) in [5.74, 6) is 0.0740. The summed E-state index contributed by atoms with van der Waals surface area (Å²) in [7, 11) is 0. The highest BCUT2D eigenvalue weighted by Gasteiger charge is 2.21. The minimum atomic E-state index is -0.288. The van der Waals surface area contributed by atoms with E-state index in [4.69, 9.17) is 16.3 Å². The Kier molecular flexibility index (Phi) is 4.91. The largest absolute Gasteiger partial charge is 0.462 e. The number of hydrogen-bond acceptors (Lipinski definition) is 4. The summed E-state index contributed by atoms with van der Waals surface area (Å²) in [5.41, 5.74) is 1.14. The molecule has 0 aliphatic heterocycles. The van der Waals surface area contributed by atoms with Crippen LogP contribution in [-0.4, -0.2) is 27.3 Å². The molecular weight excluding hydrogens is 326 g/mol. The standard InChI is InChI=1S/C18H16ClN3O2/c1-2-12-24-18-20-16(14-10-6-7-11-15(14)19)22(21-18)17(23)13-8-4-3-5-9-13/h3-11H,2,12H2,1H3. The Hall–Kier alpha value is -2.66. The van der Waals surface area contributed by atoms with Crippen molar-refractivity contribution >= 4 is 17.5 Å². The van der Waals surface area contributed by atoms with Crippen LogP contribution in [0.5, 0.6) is 6.01 Å². The molecule has 0 N–H and O–H groups in total. The molecule has 2 aromatic carbocycles. The van der Waals surface area contributed by atoms with Gasteiger partial charge in [0.05, 0.1) is 11.6 Å². The van der Waals surface area contributed by atoms with E-state index in [1.54, 1.807) is 36.4 Å². The Balaban J connectivity index is 2.08. The third-order valence-corrected chi connectivity index (χ3v) is 3.68. The number of hydrogen-bond donors (Lipinski definition) is 0. The molecule has 3 rings (SSSR count). The molecule has 1 aromatic heterocycles. The maximum absolute atomic E-state index is 12.8. The Morgan fingerprint density at radius 1 is 1.12 bits per heavy atom. The summed E-state index contributed by atoms with van der Waals surface area (Å²) >= 11 is 6.26. The zero-order valence-electron chi connectivity index (χ0n) is 13.1. The normalized spacial score (nSPS) is 10.6. The third-order valence-electron chi connectivity index (χ3n) is 3.35. The fourth-order valence-electron chi connectivity index (χ4n) is 2.21. The Morgan fingerprint density at radius 3 is 2.54 bits per heavy atom. The van der Waals surface area contributed by atoms with Crippen LogP contribution >= 0.6 is 11.6 Å². The minimum absolute atomic E-state index is 0.163. The number of carbonyl (C=O) groups is 1. The summed E-state index contributed by atoms with van der Waals surface area (Å²) in [4.78, 5) is 17.2. The number of carbonyl (C=O) groups excluding carboxylic acids is 1. The lowest BCUT2D eigenvalue weighted by atomic mass is 10.2. The van der Waals surface area contributed by atoms with E-state index in [0.29, 0.717) is 28.6 Å². The first-order valence-corrected chi connectivity index (χ1v) is 8.03. The Bertz CT molecular complexity index is 846. The molecule has 0 saturated carbocycles. The molecule has 0 aliphatic carbocycles. The van der Waals surface area contributed by atoms with Gasteiger partial charge < -0.3 is 4.74 Å². The fourth-order valence-corrected chi connectivity index (χ4v) is 2.43. The van der Waals surface area contributed by atoms with Crippen LogP contribution in [0.2, 0.25) is 5.02 Å². The topological polar surface area (TPSA) is 57.0 Å². The van der Waals surface area contributed by atoms with Gasteiger partial charge in [-0.1, -0.05) is 48.9 Å². The van der Waals surface area contributed by atoms with E-state index >= 15 is 0 Å². The van der Waals surface area contributed by atoms with Gasteiger partial charge in [0, 0.05) is 11.1 Å². The van der Waals surface area contributed by atoms with Gasteiger partial charge in [-0.2, -0.15) is 9.67 Å². The van der Waals surface area contributed by atoms with Crippen molar-refractivity contribution in [1.29, 1.82) is 0 Å². The Morgan fingerprint density at radius 2 is 1.83 bits per heavy atom. The quantitative estimate of drug-likeness (QED) is 0.701. The molecule has 1 heterocycles. The highest BCUT2D eigenvalue weighted by molar-refractivity contribution is 6.33. The molecule has 122 valence electrons. The van der Waals surface area contributed by atoms with Gasteiger partial charge in [-0.25, -0.2) is 0 Å². The monoisotopic (exact) mass is 341 g/mol. The molecule has 24 heavy (non-hydrogen) atoms. The van der Waals surface area contributed by atoms with Crippen molar-refractivity contribution in [2.75, 3.05) is 6.61 Å². The average molecular weight is 342 g/mol. The van der Waals surface area contributed by atoms with Crippen LogP contribution in [0.15, 0.2) is 54.6 Å². The minimum Gasteiger partial charge on any atom is -0.462 e. The van der Waals surface area contributed by atoms with E-state index in [1.807, 2.05) is 25.1 Å². The highest BCUT2D eigenvalue weighted by atomic mass is 35.5. The van der Waals surface area contributed by atoms with Crippen LogP contribution in [0.3, 0.4) is 0 Å². The second-order valence-electron chi connectivity index (χ2n) is 5.13. The van der Waals surface area contributed by atoms with E-state index in [-0.39, 0.29) is 11.9 Å². The molecule has 0 atom stereocenters. The van der Waals surface area contributed by atoms with Gasteiger partial charge in [0.25, 0.3) is 5.91 Å². The van der Waals surface area contributed by atoms with E-state index in [2.05, 4.69) is 10.1 Å². The molecule has 0 saturated heterocycles. The molecule has 0 bridgehead atoms. The van der Waals surface area contributed by atoms with E-state index in [0.717, 1.165) is 6.42 Å². The molecule has 0 aliphatic rings. The lowest BCUT2D eigenvalue weighted by Gasteiger charge is -2.05. The van der Waals surface area contributed by atoms with Crippen LogP contribution in [0.25, 0.3) is 11.4 Å². The van der Waals surface area contributed by atoms with E-state index in [1.165, 1.54) is 4.68 Å². The van der Waals surface area contributed by atoms with Gasteiger partial charge in [-0.05, 0) is 30.7 Å². The first kappa shape index (κ1) is 16.2. The van der Waals surface area contributed by atoms with Crippen LogP contribution in [0, 0.1) is 0 Å². The van der Waals surface area contributed by atoms with Crippen LogP contribution in [0.1, 0.15) is 23.7 Å². The highest BCUT2D eigenvalue weighted by Crippen LogP contribution is 2.28. The summed E-state index contributed by atoms with van der Waals surface area (Å²) < 4.78 is 6.72. The van der Waals surface area contributed by atoms with Crippen molar-refractivity contribution < 1.29 is 9.53 Å². The van der Waals surface area contributed by atoms with Crippen molar-refractivity contribution in [2.45, 2.75) is 13.3 Å². The van der Waals surface area contributed by atoms with Gasteiger partial charge in [-0.3, -0.25) is 4.79 Å². The zero-order valence-corrected chi connectivity index (χ0v) is 13.9. The lowest BCUT2D eigenvalue weighted by Crippen LogP contribution is -2.15. The molecule has 0 radical (unpaired) electrons. The van der Waals surface area contributed by atoms with Crippen molar-refractivity contribution in [3.8, 4) is 17.4 Å². The summed E-state index contributed by atoms with van der Waals surface area (Å²) in [6, 6.07) is 16.3. The number of nitrogens with zero attached hydrogens (tertiary/aromatic N) is 3. The number of rotatable bonds is 5. The molecule has 0 spiro atoms. The average Bonchev–Trinajstić information content (AvgIpc) is 3.04. The number of ether oxygens (including phenoxy) is 1. The molecule has 0 fully saturated rings. The lowest BCUT2D eigenvalue weighted by molar-refractivity contribution is 0.0944. The fraction of sp³-hybridized carbons (Fsp3) is 0.167. The SMILES string of the molecule is CCCOc1nc(-c2ccccc2Cl)n(C(=O)c2ccccc2)n1. The smallest absolute Gasteiger partial charge is 0.336 e. The molecule has 6 heteroatoms. The maximum atomic E-state index is 12.8. The van der Waals surface area contributed by atoms with Crippen LogP contribution in [0.4, 0.5) is 0 Å². The van der Waals surface area contributed by atoms with Crippen molar-refractivity contribution in [3.63, 3.8) is 0 Å². The zero-order chi connectivity index (χ0) is 16.9. The molecule has 3 aromatic rings. The van der Waals surface area contributed by atoms with E-state index < -0.39 is 0 Å². The van der Waals surface area contributed by atoms with E-state index in [9.17, 15) is 4.79 Å². The Labute approximate surface area is 144 Å². The summed E-state index contributed by atoms with van der Waals surface area (Å²) in [5, 5.41) is 4.71. The summed E-state index contributed by atoms with van der Waals surface area (Å²) in [6.07, 6.45) is 0.822. The number of halogens is 1. The van der Waals surface area contributed by atoms with Crippen molar-refractivity contribution in [1.82, 2.24) is 14.8 Å². The second-order valence-corrected chi connectivity index (χ2v) is 5.54.